The van der Waals surface area contributed by atoms with Crippen LogP contribution >= 0.6 is 15.6 Å². The molecule has 0 aliphatic rings. The molecule has 107 heavy (non-hydrogen) atoms. The lowest BCUT2D eigenvalue weighted by atomic mass is 9.99. The van der Waals surface area contributed by atoms with E-state index in [9.17, 15) is 43.2 Å². The maximum absolute atomic E-state index is 13.2. The van der Waals surface area contributed by atoms with E-state index >= 15 is 0 Å². The van der Waals surface area contributed by atoms with Crippen molar-refractivity contribution in [3.05, 3.63) is 0 Å². The molecular formula is C88H172O17P2. The van der Waals surface area contributed by atoms with E-state index in [-0.39, 0.29) is 25.7 Å². The van der Waals surface area contributed by atoms with Gasteiger partial charge in [0.1, 0.15) is 19.3 Å². The van der Waals surface area contributed by atoms with Crippen molar-refractivity contribution in [2.24, 2.45) is 11.8 Å². The van der Waals surface area contributed by atoms with Gasteiger partial charge in [-0.25, -0.2) is 9.13 Å². The minimum Gasteiger partial charge on any atom is -0.462 e. The number of carbonyl (C=O) groups is 4. The van der Waals surface area contributed by atoms with Crippen molar-refractivity contribution in [3.63, 3.8) is 0 Å². The van der Waals surface area contributed by atoms with Crippen LogP contribution in [0.2, 0.25) is 0 Å². The Morgan fingerprint density at radius 3 is 0.664 bits per heavy atom. The second-order valence-electron chi connectivity index (χ2n) is 32.1. The minimum atomic E-state index is -4.97. The van der Waals surface area contributed by atoms with Crippen LogP contribution in [0.5, 0.6) is 0 Å². The molecule has 636 valence electrons. The minimum absolute atomic E-state index is 0.108. The second kappa shape index (κ2) is 79.3. The van der Waals surface area contributed by atoms with Crippen molar-refractivity contribution in [3.8, 4) is 0 Å². The number of hydrogen-bond acceptors (Lipinski definition) is 15. The van der Waals surface area contributed by atoms with E-state index < -0.39 is 97.5 Å². The van der Waals surface area contributed by atoms with Crippen LogP contribution in [0, 0.1) is 11.8 Å². The highest BCUT2D eigenvalue weighted by molar-refractivity contribution is 7.47. The summed E-state index contributed by atoms with van der Waals surface area (Å²) in [6, 6.07) is 0. The number of carbonyl (C=O) groups excluding carboxylic acids is 4. The van der Waals surface area contributed by atoms with E-state index in [2.05, 4.69) is 41.5 Å². The van der Waals surface area contributed by atoms with Crippen LogP contribution in [0.15, 0.2) is 0 Å². The Morgan fingerprint density at radius 2 is 0.449 bits per heavy atom. The Balaban J connectivity index is 5.26. The highest BCUT2D eigenvalue weighted by atomic mass is 31.2. The van der Waals surface area contributed by atoms with Gasteiger partial charge in [0.05, 0.1) is 26.4 Å². The number of rotatable bonds is 87. The van der Waals surface area contributed by atoms with Gasteiger partial charge in [-0.05, 0) is 37.5 Å². The summed E-state index contributed by atoms with van der Waals surface area (Å²) in [5.74, 6) is -0.401. The molecular weight excluding hydrogens is 1390 g/mol. The van der Waals surface area contributed by atoms with Gasteiger partial charge < -0.3 is 33.8 Å². The Hall–Kier alpha value is -1.94. The third-order valence-electron chi connectivity index (χ3n) is 21.4. The fourth-order valence-electron chi connectivity index (χ4n) is 13.7. The molecule has 0 spiro atoms. The van der Waals surface area contributed by atoms with Gasteiger partial charge in [0, 0.05) is 25.7 Å². The smallest absolute Gasteiger partial charge is 0.462 e. The lowest BCUT2D eigenvalue weighted by Crippen LogP contribution is -2.30. The first-order valence-electron chi connectivity index (χ1n) is 45.6. The maximum Gasteiger partial charge on any atom is 0.472 e. The Labute approximate surface area is 658 Å². The van der Waals surface area contributed by atoms with Gasteiger partial charge in [0.2, 0.25) is 0 Å². The standard InChI is InChI=1S/C88H172O17P2/c1-7-11-13-15-17-19-21-23-24-25-26-27-28-36-42-48-54-60-66-72-87(92)105-84(77-99-86(91)71-65-59-53-47-41-35-31-29-33-38-44-50-56-62-68-80(5)9-3)79-103-107(96,97)101-75-82(89)74-100-106(94,95)102-78-83(76-98-85(90)70-64-58-52-46-40-22-20-18-16-14-12-8-2)104-88(93)73-67-61-55-49-43-37-32-30-34-39-45-51-57-63-69-81(6)10-4/h80-84,89H,7-79H2,1-6H3,(H,94,95)(H,96,97)/t80?,81?,82-,83+,84+/m0/s1. The van der Waals surface area contributed by atoms with Gasteiger partial charge in [-0.1, -0.05) is 420 Å². The molecule has 0 bridgehead atoms. The van der Waals surface area contributed by atoms with Crippen LogP contribution in [0.1, 0.15) is 472 Å². The van der Waals surface area contributed by atoms with Gasteiger partial charge in [0.25, 0.3) is 0 Å². The Kier molecular flexibility index (Phi) is 77.9. The predicted octanol–water partition coefficient (Wildman–Crippen LogP) is 27.0. The third kappa shape index (κ3) is 79.1. The molecule has 0 aromatic heterocycles. The van der Waals surface area contributed by atoms with E-state index in [0.717, 1.165) is 102 Å². The van der Waals surface area contributed by atoms with E-state index in [1.807, 2.05) is 0 Å². The zero-order valence-electron chi connectivity index (χ0n) is 70.5. The molecule has 0 aromatic carbocycles. The molecule has 0 aromatic rings. The van der Waals surface area contributed by atoms with E-state index in [1.54, 1.807) is 0 Å². The summed E-state index contributed by atoms with van der Waals surface area (Å²) in [6.07, 6.45) is 71.9. The van der Waals surface area contributed by atoms with E-state index in [0.29, 0.717) is 25.7 Å². The zero-order chi connectivity index (χ0) is 78.5. The van der Waals surface area contributed by atoms with Crippen molar-refractivity contribution in [1.82, 2.24) is 0 Å². The Morgan fingerprint density at radius 1 is 0.262 bits per heavy atom. The molecule has 3 N–H and O–H groups in total. The highest BCUT2D eigenvalue weighted by Crippen LogP contribution is 2.45. The fourth-order valence-corrected chi connectivity index (χ4v) is 15.3. The lowest BCUT2D eigenvalue weighted by molar-refractivity contribution is -0.161. The largest absolute Gasteiger partial charge is 0.472 e. The van der Waals surface area contributed by atoms with Gasteiger partial charge in [-0.2, -0.15) is 0 Å². The first-order chi connectivity index (χ1) is 51.9. The number of unbranched alkanes of at least 4 members (excludes halogenated alkanes) is 55. The molecule has 0 aliphatic carbocycles. The fraction of sp³-hybridized carbons (Fsp3) is 0.955. The average Bonchev–Trinajstić information content (AvgIpc) is 0.899. The van der Waals surface area contributed by atoms with Crippen molar-refractivity contribution in [2.45, 2.75) is 490 Å². The quantitative estimate of drug-likeness (QED) is 0.0222. The number of hydrogen-bond donors (Lipinski definition) is 3. The molecule has 0 radical (unpaired) electrons. The number of ether oxygens (including phenoxy) is 4. The van der Waals surface area contributed by atoms with Gasteiger partial charge in [-0.3, -0.25) is 37.3 Å². The number of phosphoric ester groups is 2. The van der Waals surface area contributed by atoms with E-state index in [4.69, 9.17) is 37.0 Å². The Bertz CT molecular complexity index is 2050. The summed E-state index contributed by atoms with van der Waals surface area (Å²) < 4.78 is 69.0. The predicted molar refractivity (Wildman–Crippen MR) is 442 cm³/mol. The summed E-state index contributed by atoms with van der Waals surface area (Å²) in [5.41, 5.74) is 0. The number of esters is 4. The van der Waals surface area contributed by atoms with Crippen molar-refractivity contribution >= 4 is 39.5 Å². The van der Waals surface area contributed by atoms with Crippen LogP contribution in [0.25, 0.3) is 0 Å². The lowest BCUT2D eigenvalue weighted by Gasteiger charge is -2.21. The third-order valence-corrected chi connectivity index (χ3v) is 23.3. The summed E-state index contributed by atoms with van der Waals surface area (Å²) in [4.78, 5) is 73.3. The summed E-state index contributed by atoms with van der Waals surface area (Å²) >= 11 is 0. The SMILES string of the molecule is CCCCCCCCCCCCCCCCCCCCCC(=O)O[C@H](COC(=O)CCCCCCCCCCCCCCCCC(C)CC)COP(=O)(O)OC[C@@H](O)COP(=O)(O)OC[C@@H](COC(=O)CCCCCCCCCCCCCC)OC(=O)CCCCCCCCCCCCCCCCC(C)CC. The first-order valence-corrected chi connectivity index (χ1v) is 48.6. The van der Waals surface area contributed by atoms with Crippen molar-refractivity contribution in [2.75, 3.05) is 39.6 Å². The zero-order valence-corrected chi connectivity index (χ0v) is 72.2. The molecule has 4 unspecified atom stereocenters. The molecule has 17 nitrogen and oxygen atoms in total. The monoisotopic (exact) mass is 1560 g/mol. The van der Waals surface area contributed by atoms with Gasteiger partial charge in [-0.15, -0.1) is 0 Å². The molecule has 0 fully saturated rings. The normalized spacial score (nSPS) is 14.3. The van der Waals surface area contributed by atoms with Crippen LogP contribution in [-0.4, -0.2) is 96.7 Å². The van der Waals surface area contributed by atoms with Gasteiger partial charge >= 0.3 is 39.5 Å². The van der Waals surface area contributed by atoms with Crippen LogP contribution < -0.4 is 0 Å². The summed E-state index contributed by atoms with van der Waals surface area (Å²) in [6.45, 7) is 9.80. The van der Waals surface area contributed by atoms with Crippen LogP contribution in [0.3, 0.4) is 0 Å². The molecule has 0 amide bonds. The maximum atomic E-state index is 13.2. The topological polar surface area (TPSA) is 237 Å². The summed E-state index contributed by atoms with van der Waals surface area (Å²) in [7, 11) is -9.93. The van der Waals surface area contributed by atoms with Crippen molar-refractivity contribution in [1.29, 1.82) is 0 Å². The van der Waals surface area contributed by atoms with E-state index in [1.165, 1.54) is 289 Å². The van der Waals surface area contributed by atoms with Crippen LogP contribution in [0.4, 0.5) is 0 Å². The van der Waals surface area contributed by atoms with Crippen molar-refractivity contribution < 1.29 is 80.2 Å². The first kappa shape index (κ1) is 105. The molecule has 7 atom stereocenters. The average molecular weight is 1560 g/mol. The number of phosphoric acid groups is 2. The molecule has 0 heterocycles. The number of aliphatic hydroxyl groups is 1. The van der Waals surface area contributed by atoms with Crippen LogP contribution in [-0.2, 0) is 65.4 Å². The molecule has 0 saturated heterocycles. The second-order valence-corrected chi connectivity index (χ2v) is 35.0. The summed E-state index contributed by atoms with van der Waals surface area (Å²) in [5, 5.41) is 10.7. The molecule has 0 aliphatic heterocycles. The molecule has 0 saturated carbocycles. The highest BCUT2D eigenvalue weighted by Gasteiger charge is 2.31. The van der Waals surface area contributed by atoms with Gasteiger partial charge in [0.15, 0.2) is 12.2 Å². The molecule has 19 heteroatoms. The molecule has 0 rings (SSSR count). The number of aliphatic hydroxyl groups excluding tert-OH is 1.